The highest BCUT2D eigenvalue weighted by Crippen LogP contribution is 2.13. The fourth-order valence-electron chi connectivity index (χ4n) is 2.23. The first-order chi connectivity index (χ1) is 7.17. The van der Waals surface area contributed by atoms with Gasteiger partial charge >= 0.3 is 0 Å². The highest BCUT2D eigenvalue weighted by Gasteiger charge is 2.21. The van der Waals surface area contributed by atoms with Gasteiger partial charge in [0.1, 0.15) is 0 Å². The zero-order chi connectivity index (χ0) is 11.3. The molecule has 1 unspecified atom stereocenters. The molecule has 0 radical (unpaired) electrons. The molecule has 1 heterocycles. The van der Waals surface area contributed by atoms with Gasteiger partial charge in [0, 0.05) is 31.4 Å². The van der Waals surface area contributed by atoms with E-state index >= 15 is 0 Å². The molecule has 0 amide bonds. The molecule has 0 N–H and O–H groups in total. The number of thiol groups is 1. The topological polar surface area (TPSA) is 6.48 Å². The maximum atomic E-state index is 4.28. The van der Waals surface area contributed by atoms with E-state index in [1.165, 1.54) is 38.0 Å². The highest BCUT2D eigenvalue weighted by molar-refractivity contribution is 7.80. The van der Waals surface area contributed by atoms with E-state index in [-0.39, 0.29) is 0 Å². The Bertz CT molecular complexity index is 206. The average Bonchev–Trinajstić information content (AvgIpc) is 2.40. The van der Waals surface area contributed by atoms with Gasteiger partial charge in [0.25, 0.3) is 0 Å². The summed E-state index contributed by atoms with van der Waals surface area (Å²) in [6, 6.07) is 0.689. The fraction of sp³-hybridized carbons (Fsp3) is 0.833. The van der Waals surface area contributed by atoms with Gasteiger partial charge in [-0.1, -0.05) is 19.1 Å². The van der Waals surface area contributed by atoms with Crippen molar-refractivity contribution in [1.29, 1.82) is 0 Å². The van der Waals surface area contributed by atoms with Crippen molar-refractivity contribution in [2.24, 2.45) is 0 Å². The molecule has 0 aromatic carbocycles. The second kappa shape index (κ2) is 6.56. The molecule has 1 aliphatic rings. The first-order valence-corrected chi connectivity index (χ1v) is 6.50. The maximum absolute atomic E-state index is 4.28. The lowest BCUT2D eigenvalue weighted by Gasteiger charge is -2.30. The monoisotopic (exact) mass is 228 g/mol. The molecule has 3 heteroatoms. The average molecular weight is 228 g/mol. The standard InChI is InChI=1S/C12H24N2S/c1-4-12-9-13(3)6-5-7-14(12)8-11(2)10-15/h12,15H,2,4-10H2,1,3H3. The molecular weight excluding hydrogens is 204 g/mol. The van der Waals surface area contributed by atoms with Gasteiger partial charge in [-0.05, 0) is 26.4 Å². The number of hydrogen-bond acceptors (Lipinski definition) is 3. The van der Waals surface area contributed by atoms with Gasteiger partial charge in [-0.25, -0.2) is 0 Å². The normalized spacial score (nSPS) is 25.1. The summed E-state index contributed by atoms with van der Waals surface area (Å²) in [5.41, 5.74) is 1.24. The van der Waals surface area contributed by atoms with E-state index in [0.29, 0.717) is 6.04 Å². The summed E-state index contributed by atoms with van der Waals surface area (Å²) >= 11 is 4.28. The Morgan fingerprint density at radius 2 is 2.20 bits per heavy atom. The van der Waals surface area contributed by atoms with Crippen LogP contribution in [0.1, 0.15) is 19.8 Å². The largest absolute Gasteiger partial charge is 0.305 e. The number of nitrogens with zero attached hydrogens (tertiary/aromatic N) is 2. The van der Waals surface area contributed by atoms with Gasteiger partial charge in [0.2, 0.25) is 0 Å². The van der Waals surface area contributed by atoms with Crippen LogP contribution in [0, 0.1) is 0 Å². The Kier molecular flexibility index (Phi) is 5.72. The smallest absolute Gasteiger partial charge is 0.0223 e. The minimum atomic E-state index is 0.689. The van der Waals surface area contributed by atoms with Gasteiger partial charge in [0.05, 0.1) is 0 Å². The Hall–Kier alpha value is 0.01000. The van der Waals surface area contributed by atoms with Gasteiger partial charge in [-0.2, -0.15) is 12.6 Å². The van der Waals surface area contributed by atoms with Crippen molar-refractivity contribution in [2.75, 3.05) is 39.0 Å². The lowest BCUT2D eigenvalue weighted by molar-refractivity contribution is 0.197. The molecule has 88 valence electrons. The first kappa shape index (κ1) is 13.1. The van der Waals surface area contributed by atoms with E-state index in [4.69, 9.17) is 0 Å². The molecule has 0 bridgehead atoms. The lowest BCUT2D eigenvalue weighted by atomic mass is 10.1. The molecule has 0 saturated carbocycles. The third-order valence-electron chi connectivity index (χ3n) is 3.15. The van der Waals surface area contributed by atoms with Crippen molar-refractivity contribution < 1.29 is 0 Å². The summed E-state index contributed by atoms with van der Waals surface area (Å²) in [5.74, 6) is 0.808. The predicted octanol–water partition coefficient (Wildman–Crippen LogP) is 1.89. The van der Waals surface area contributed by atoms with Crippen LogP contribution >= 0.6 is 12.6 Å². The van der Waals surface area contributed by atoms with Gasteiger partial charge in [-0.15, -0.1) is 0 Å². The second-order valence-electron chi connectivity index (χ2n) is 4.56. The Labute approximate surface area is 99.7 Å². The third kappa shape index (κ3) is 4.17. The summed E-state index contributed by atoms with van der Waals surface area (Å²) in [6.45, 7) is 11.0. The fourth-order valence-corrected chi connectivity index (χ4v) is 2.33. The molecule has 0 aromatic heterocycles. The van der Waals surface area contributed by atoms with Crippen molar-refractivity contribution in [3.63, 3.8) is 0 Å². The summed E-state index contributed by atoms with van der Waals surface area (Å²) in [5, 5.41) is 0. The molecule has 2 nitrogen and oxygen atoms in total. The van der Waals surface area contributed by atoms with Crippen LogP contribution in [0.2, 0.25) is 0 Å². The minimum Gasteiger partial charge on any atom is -0.305 e. The minimum absolute atomic E-state index is 0.689. The zero-order valence-electron chi connectivity index (χ0n) is 10.1. The molecule has 0 aliphatic carbocycles. The summed E-state index contributed by atoms with van der Waals surface area (Å²) in [4.78, 5) is 5.01. The summed E-state index contributed by atoms with van der Waals surface area (Å²) < 4.78 is 0. The van der Waals surface area contributed by atoms with E-state index < -0.39 is 0 Å². The number of hydrogen-bond donors (Lipinski definition) is 1. The Morgan fingerprint density at radius 1 is 1.47 bits per heavy atom. The van der Waals surface area contributed by atoms with Crippen molar-refractivity contribution in [3.8, 4) is 0 Å². The van der Waals surface area contributed by atoms with E-state index in [1.807, 2.05) is 0 Å². The Balaban J connectivity index is 2.54. The SMILES string of the molecule is C=C(CS)CN1CCCN(C)CC1CC. The lowest BCUT2D eigenvalue weighted by Crippen LogP contribution is -2.40. The van der Waals surface area contributed by atoms with Crippen LogP contribution < -0.4 is 0 Å². The van der Waals surface area contributed by atoms with Crippen LogP contribution in [0.25, 0.3) is 0 Å². The van der Waals surface area contributed by atoms with Gasteiger partial charge in [-0.3, -0.25) is 4.90 Å². The quantitative estimate of drug-likeness (QED) is 0.580. The van der Waals surface area contributed by atoms with E-state index in [1.54, 1.807) is 0 Å². The van der Waals surface area contributed by atoms with Crippen molar-refractivity contribution in [2.45, 2.75) is 25.8 Å². The number of likely N-dealkylation sites (N-methyl/N-ethyl adjacent to an activating group) is 1. The van der Waals surface area contributed by atoms with Crippen LogP contribution in [0.3, 0.4) is 0 Å². The van der Waals surface area contributed by atoms with Crippen LogP contribution in [-0.4, -0.2) is 54.8 Å². The molecular formula is C12H24N2S. The Morgan fingerprint density at radius 3 is 2.80 bits per heavy atom. The molecule has 1 atom stereocenters. The summed E-state index contributed by atoms with van der Waals surface area (Å²) in [6.07, 6.45) is 2.50. The second-order valence-corrected chi connectivity index (χ2v) is 4.87. The van der Waals surface area contributed by atoms with Crippen LogP contribution in [0.15, 0.2) is 12.2 Å². The van der Waals surface area contributed by atoms with Gasteiger partial charge < -0.3 is 4.90 Å². The van der Waals surface area contributed by atoms with Crippen molar-refractivity contribution in [1.82, 2.24) is 9.80 Å². The van der Waals surface area contributed by atoms with Crippen LogP contribution in [-0.2, 0) is 0 Å². The molecule has 1 rings (SSSR count). The maximum Gasteiger partial charge on any atom is 0.0223 e. The van der Waals surface area contributed by atoms with Crippen molar-refractivity contribution >= 4 is 12.6 Å². The predicted molar refractivity (Wildman–Crippen MR) is 70.8 cm³/mol. The van der Waals surface area contributed by atoms with E-state index in [9.17, 15) is 0 Å². The van der Waals surface area contributed by atoms with Crippen molar-refractivity contribution in [3.05, 3.63) is 12.2 Å². The molecule has 0 spiro atoms. The number of rotatable bonds is 4. The van der Waals surface area contributed by atoms with E-state index in [0.717, 1.165) is 12.3 Å². The highest BCUT2D eigenvalue weighted by atomic mass is 32.1. The van der Waals surface area contributed by atoms with Crippen LogP contribution in [0.4, 0.5) is 0 Å². The van der Waals surface area contributed by atoms with Gasteiger partial charge in [0.15, 0.2) is 0 Å². The first-order valence-electron chi connectivity index (χ1n) is 5.87. The third-order valence-corrected chi connectivity index (χ3v) is 3.59. The van der Waals surface area contributed by atoms with E-state index in [2.05, 4.69) is 43.0 Å². The molecule has 0 aromatic rings. The molecule has 1 aliphatic heterocycles. The zero-order valence-corrected chi connectivity index (χ0v) is 11.0. The molecule has 1 saturated heterocycles. The molecule has 15 heavy (non-hydrogen) atoms. The summed E-state index contributed by atoms with van der Waals surface area (Å²) in [7, 11) is 2.22. The molecule has 1 fully saturated rings. The van der Waals surface area contributed by atoms with Crippen LogP contribution in [0.5, 0.6) is 0 Å².